The molecule has 1 N–H and O–H groups in total. The lowest BCUT2D eigenvalue weighted by atomic mass is 9.99. The summed E-state index contributed by atoms with van der Waals surface area (Å²) in [5, 5.41) is 7.80. The minimum Gasteiger partial charge on any atom is -0.309 e. The monoisotopic (exact) mass is 264 g/mol. The van der Waals surface area contributed by atoms with Crippen LogP contribution in [0.2, 0.25) is 0 Å². The summed E-state index contributed by atoms with van der Waals surface area (Å²) in [6.45, 7) is 9.47. The van der Waals surface area contributed by atoms with Crippen molar-refractivity contribution in [3.05, 3.63) is 18.0 Å². The molecule has 0 bridgehead atoms. The molecule has 0 spiro atoms. The van der Waals surface area contributed by atoms with Crippen LogP contribution in [0.25, 0.3) is 0 Å². The molecule has 108 valence electrons. The summed E-state index contributed by atoms with van der Waals surface area (Å²) >= 11 is 0. The Hall–Kier alpha value is -0.870. The molecule has 4 heteroatoms. The molecule has 4 nitrogen and oxygen atoms in total. The van der Waals surface area contributed by atoms with Crippen molar-refractivity contribution in [1.82, 2.24) is 20.0 Å². The van der Waals surface area contributed by atoms with Gasteiger partial charge in [-0.1, -0.05) is 6.92 Å². The molecule has 1 saturated heterocycles. The standard InChI is InChI=1S/C15H28N4/c1-13-6-11-19(12-7-13)10-4-8-16-14(2)15-5-9-17-18(15)3/h5,9,13-14,16H,4,6-8,10-12H2,1-3H3. The first kappa shape index (κ1) is 14.5. The Labute approximate surface area is 117 Å². The van der Waals surface area contributed by atoms with E-state index in [1.165, 1.54) is 44.6 Å². The minimum absolute atomic E-state index is 0.383. The van der Waals surface area contributed by atoms with Crippen LogP contribution in [0, 0.1) is 5.92 Å². The average molecular weight is 264 g/mol. The minimum atomic E-state index is 0.383. The Kier molecular flexibility index (Phi) is 5.40. The summed E-state index contributed by atoms with van der Waals surface area (Å²) in [6.07, 6.45) is 5.84. The smallest absolute Gasteiger partial charge is 0.0547 e. The summed E-state index contributed by atoms with van der Waals surface area (Å²) in [5.41, 5.74) is 1.26. The Morgan fingerprint density at radius 1 is 1.42 bits per heavy atom. The predicted octanol–water partition coefficient (Wildman–Crippen LogP) is 2.19. The zero-order valence-electron chi connectivity index (χ0n) is 12.6. The van der Waals surface area contributed by atoms with E-state index in [4.69, 9.17) is 0 Å². The second-order valence-corrected chi connectivity index (χ2v) is 5.93. The van der Waals surface area contributed by atoms with Crippen molar-refractivity contribution in [2.24, 2.45) is 13.0 Å². The van der Waals surface area contributed by atoms with Crippen molar-refractivity contribution >= 4 is 0 Å². The number of hydrogen-bond acceptors (Lipinski definition) is 3. The lowest BCUT2D eigenvalue weighted by Gasteiger charge is -2.30. The topological polar surface area (TPSA) is 33.1 Å². The van der Waals surface area contributed by atoms with Gasteiger partial charge >= 0.3 is 0 Å². The number of rotatable bonds is 6. The highest BCUT2D eigenvalue weighted by molar-refractivity contribution is 5.04. The molecule has 2 rings (SSSR count). The summed E-state index contributed by atoms with van der Waals surface area (Å²) < 4.78 is 1.95. The number of likely N-dealkylation sites (tertiary alicyclic amines) is 1. The molecule has 1 atom stereocenters. The molecule has 2 heterocycles. The molecule has 1 aliphatic heterocycles. The lowest BCUT2D eigenvalue weighted by Crippen LogP contribution is -2.35. The number of nitrogens with zero attached hydrogens (tertiary/aromatic N) is 3. The van der Waals surface area contributed by atoms with Crippen molar-refractivity contribution in [1.29, 1.82) is 0 Å². The van der Waals surface area contributed by atoms with Gasteiger partial charge in [0.15, 0.2) is 0 Å². The van der Waals surface area contributed by atoms with Gasteiger partial charge in [-0.3, -0.25) is 4.68 Å². The largest absolute Gasteiger partial charge is 0.309 e. The number of hydrogen-bond donors (Lipinski definition) is 1. The molecule has 1 aromatic rings. The summed E-state index contributed by atoms with van der Waals surface area (Å²) in [5.74, 6) is 0.930. The van der Waals surface area contributed by atoms with Gasteiger partial charge in [0.25, 0.3) is 0 Å². The molecule has 1 fully saturated rings. The van der Waals surface area contributed by atoms with Crippen LogP contribution >= 0.6 is 0 Å². The van der Waals surface area contributed by atoms with Crippen LogP contribution in [0.4, 0.5) is 0 Å². The number of aryl methyl sites for hydroxylation is 1. The molecular formula is C15H28N4. The SMILES string of the molecule is CC1CCN(CCCNC(C)c2ccnn2C)CC1. The third-order valence-corrected chi connectivity index (χ3v) is 4.28. The zero-order valence-corrected chi connectivity index (χ0v) is 12.6. The molecule has 1 unspecified atom stereocenters. The summed E-state index contributed by atoms with van der Waals surface area (Å²) in [6, 6.07) is 2.47. The van der Waals surface area contributed by atoms with Gasteiger partial charge in [0, 0.05) is 19.3 Å². The van der Waals surface area contributed by atoms with E-state index in [0.717, 1.165) is 12.5 Å². The van der Waals surface area contributed by atoms with Crippen LogP contribution in [0.5, 0.6) is 0 Å². The molecule has 19 heavy (non-hydrogen) atoms. The Morgan fingerprint density at radius 2 is 2.16 bits per heavy atom. The Balaban J connectivity index is 1.60. The van der Waals surface area contributed by atoms with E-state index in [9.17, 15) is 0 Å². The average Bonchev–Trinajstić information content (AvgIpc) is 2.83. The van der Waals surface area contributed by atoms with Gasteiger partial charge in [0.05, 0.1) is 5.69 Å². The lowest BCUT2D eigenvalue weighted by molar-refractivity contribution is 0.190. The molecular weight excluding hydrogens is 236 g/mol. The number of piperidine rings is 1. The molecule has 0 saturated carbocycles. The maximum absolute atomic E-state index is 4.21. The highest BCUT2D eigenvalue weighted by Gasteiger charge is 2.15. The third kappa shape index (κ3) is 4.32. The van der Waals surface area contributed by atoms with E-state index in [2.05, 4.69) is 35.2 Å². The van der Waals surface area contributed by atoms with Crippen LogP contribution in [0.3, 0.4) is 0 Å². The van der Waals surface area contributed by atoms with Crippen molar-refractivity contribution in [3.8, 4) is 0 Å². The maximum atomic E-state index is 4.21. The number of nitrogens with one attached hydrogen (secondary N) is 1. The molecule has 1 aromatic heterocycles. The van der Waals surface area contributed by atoms with Crippen molar-refractivity contribution in [2.75, 3.05) is 26.2 Å². The van der Waals surface area contributed by atoms with E-state index in [1.54, 1.807) is 0 Å². The molecule has 0 aromatic carbocycles. The first-order valence-corrected chi connectivity index (χ1v) is 7.60. The van der Waals surface area contributed by atoms with Crippen LogP contribution in [0.1, 0.15) is 44.8 Å². The second-order valence-electron chi connectivity index (χ2n) is 5.93. The van der Waals surface area contributed by atoms with Gasteiger partial charge in [-0.15, -0.1) is 0 Å². The number of aromatic nitrogens is 2. The van der Waals surface area contributed by atoms with Gasteiger partial charge in [0.1, 0.15) is 0 Å². The van der Waals surface area contributed by atoms with Crippen LogP contribution < -0.4 is 5.32 Å². The van der Waals surface area contributed by atoms with Crippen molar-refractivity contribution in [3.63, 3.8) is 0 Å². The molecule has 1 aliphatic rings. The van der Waals surface area contributed by atoms with E-state index < -0.39 is 0 Å². The van der Waals surface area contributed by atoms with Gasteiger partial charge < -0.3 is 10.2 Å². The van der Waals surface area contributed by atoms with E-state index in [0.29, 0.717) is 6.04 Å². The Bertz CT molecular complexity index is 366. The highest BCUT2D eigenvalue weighted by Crippen LogP contribution is 2.16. The highest BCUT2D eigenvalue weighted by atomic mass is 15.3. The molecule has 0 radical (unpaired) electrons. The van der Waals surface area contributed by atoms with Crippen LogP contribution in [-0.4, -0.2) is 40.9 Å². The van der Waals surface area contributed by atoms with Crippen molar-refractivity contribution in [2.45, 2.75) is 39.2 Å². The van der Waals surface area contributed by atoms with Crippen molar-refractivity contribution < 1.29 is 0 Å². The second kappa shape index (κ2) is 7.06. The van der Waals surface area contributed by atoms with Gasteiger partial charge in [-0.25, -0.2) is 0 Å². The Morgan fingerprint density at radius 3 is 2.79 bits per heavy atom. The van der Waals surface area contributed by atoms with E-state index in [1.807, 2.05) is 17.9 Å². The van der Waals surface area contributed by atoms with E-state index >= 15 is 0 Å². The quantitative estimate of drug-likeness (QED) is 0.800. The maximum Gasteiger partial charge on any atom is 0.0547 e. The summed E-state index contributed by atoms with van der Waals surface area (Å²) in [4.78, 5) is 2.61. The fourth-order valence-corrected chi connectivity index (χ4v) is 2.82. The predicted molar refractivity (Wildman–Crippen MR) is 79.1 cm³/mol. The zero-order chi connectivity index (χ0) is 13.7. The third-order valence-electron chi connectivity index (χ3n) is 4.28. The first-order valence-electron chi connectivity index (χ1n) is 7.60. The fraction of sp³-hybridized carbons (Fsp3) is 0.800. The first-order chi connectivity index (χ1) is 9.16. The van der Waals surface area contributed by atoms with Gasteiger partial charge in [-0.05, 0) is 64.3 Å². The van der Waals surface area contributed by atoms with Gasteiger partial charge in [0.2, 0.25) is 0 Å². The normalized spacial score (nSPS) is 19.7. The molecule has 0 amide bonds. The van der Waals surface area contributed by atoms with Crippen LogP contribution in [-0.2, 0) is 7.05 Å². The van der Waals surface area contributed by atoms with E-state index in [-0.39, 0.29) is 0 Å². The summed E-state index contributed by atoms with van der Waals surface area (Å²) in [7, 11) is 2.00. The fourth-order valence-electron chi connectivity index (χ4n) is 2.82. The molecule has 0 aliphatic carbocycles. The van der Waals surface area contributed by atoms with Crippen LogP contribution in [0.15, 0.2) is 12.3 Å². The van der Waals surface area contributed by atoms with Gasteiger partial charge in [-0.2, -0.15) is 5.10 Å².